The number of hydrogen-bond donors (Lipinski definition) is 2. The van der Waals surface area contributed by atoms with Gasteiger partial charge in [-0.2, -0.15) is 5.10 Å². The fourth-order valence-electron chi connectivity index (χ4n) is 2.61. The van der Waals surface area contributed by atoms with E-state index >= 15 is 0 Å². The molecule has 0 atom stereocenters. The van der Waals surface area contributed by atoms with Crippen molar-refractivity contribution < 1.29 is 9.21 Å². The van der Waals surface area contributed by atoms with Crippen molar-refractivity contribution >= 4 is 22.8 Å². The summed E-state index contributed by atoms with van der Waals surface area (Å²) in [6, 6.07) is 8.93. The Morgan fingerprint density at radius 3 is 2.64 bits per heavy atom. The minimum absolute atomic E-state index is 0.260. The van der Waals surface area contributed by atoms with Gasteiger partial charge in [-0.25, -0.2) is 0 Å². The van der Waals surface area contributed by atoms with Crippen LogP contribution in [0.5, 0.6) is 0 Å². The Labute approximate surface area is 143 Å². The van der Waals surface area contributed by atoms with Crippen LogP contribution in [0.4, 0.5) is 5.82 Å². The molecule has 3 aromatic heterocycles. The number of benzene rings is 1. The van der Waals surface area contributed by atoms with Crippen molar-refractivity contribution in [1.82, 2.24) is 20.2 Å². The van der Waals surface area contributed by atoms with Crippen LogP contribution in [-0.2, 0) is 0 Å². The van der Waals surface area contributed by atoms with Gasteiger partial charge in [-0.15, -0.1) is 0 Å². The molecule has 2 N–H and O–H groups in total. The molecule has 0 unspecified atom stereocenters. The Morgan fingerprint density at radius 2 is 1.88 bits per heavy atom. The number of carbonyl (C=O) groups excluding carboxylic acids is 1. The lowest BCUT2D eigenvalue weighted by Gasteiger charge is -2.04. The van der Waals surface area contributed by atoms with Crippen molar-refractivity contribution in [2.45, 2.75) is 13.8 Å². The number of aromatic nitrogens is 4. The molecular formula is C18H15N5O2. The molecule has 124 valence electrons. The van der Waals surface area contributed by atoms with E-state index in [2.05, 4.69) is 25.5 Å². The zero-order valence-electron chi connectivity index (χ0n) is 13.7. The Kier molecular flexibility index (Phi) is 3.53. The number of aryl methyl sites for hydroxylation is 1. The van der Waals surface area contributed by atoms with Crippen LogP contribution in [0.15, 0.2) is 47.1 Å². The smallest absolute Gasteiger partial charge is 0.256 e. The van der Waals surface area contributed by atoms with E-state index in [4.69, 9.17) is 4.42 Å². The first-order chi connectivity index (χ1) is 12.1. The number of rotatable bonds is 3. The van der Waals surface area contributed by atoms with Crippen molar-refractivity contribution in [2.24, 2.45) is 0 Å². The van der Waals surface area contributed by atoms with Crippen molar-refractivity contribution in [3.8, 4) is 11.5 Å². The molecule has 4 rings (SSSR count). The highest BCUT2D eigenvalue weighted by Gasteiger charge is 2.16. The maximum absolute atomic E-state index is 12.5. The maximum atomic E-state index is 12.5. The van der Waals surface area contributed by atoms with Gasteiger partial charge in [0.1, 0.15) is 11.5 Å². The van der Waals surface area contributed by atoms with E-state index in [1.807, 2.05) is 26.0 Å². The molecule has 0 radical (unpaired) electrons. The van der Waals surface area contributed by atoms with Gasteiger partial charge in [0.05, 0.1) is 11.0 Å². The molecule has 0 spiro atoms. The normalized spacial score (nSPS) is 11.0. The van der Waals surface area contributed by atoms with Gasteiger partial charge in [0.2, 0.25) is 0 Å². The molecular weight excluding hydrogens is 318 g/mol. The monoisotopic (exact) mass is 333 g/mol. The molecule has 0 saturated heterocycles. The van der Waals surface area contributed by atoms with Crippen molar-refractivity contribution in [1.29, 1.82) is 0 Å². The summed E-state index contributed by atoms with van der Waals surface area (Å²) < 4.78 is 5.60. The van der Waals surface area contributed by atoms with Gasteiger partial charge in [0.25, 0.3) is 5.91 Å². The second-order valence-corrected chi connectivity index (χ2v) is 5.70. The van der Waals surface area contributed by atoms with E-state index in [1.54, 1.807) is 30.6 Å². The SMILES string of the molecule is Cc1ccc(-c2[nH]nc(NC(=O)c3ccc4nccnc4c3)c2C)o1. The van der Waals surface area contributed by atoms with Gasteiger partial charge in [0, 0.05) is 23.5 Å². The maximum Gasteiger partial charge on any atom is 0.256 e. The van der Waals surface area contributed by atoms with Gasteiger partial charge in [-0.3, -0.25) is 19.9 Å². The summed E-state index contributed by atoms with van der Waals surface area (Å²) in [6.45, 7) is 3.75. The van der Waals surface area contributed by atoms with Crippen LogP contribution in [0, 0.1) is 13.8 Å². The Balaban J connectivity index is 1.61. The summed E-state index contributed by atoms with van der Waals surface area (Å²) in [5.41, 5.74) is 3.45. The number of anilines is 1. The predicted molar refractivity (Wildman–Crippen MR) is 93.3 cm³/mol. The number of amides is 1. The number of H-pyrrole nitrogens is 1. The minimum atomic E-state index is -0.260. The lowest BCUT2D eigenvalue weighted by molar-refractivity contribution is 0.102. The average Bonchev–Trinajstić information content (AvgIpc) is 3.20. The first kappa shape index (κ1) is 15.1. The summed E-state index contributed by atoms with van der Waals surface area (Å²) >= 11 is 0. The molecule has 0 aliphatic heterocycles. The lowest BCUT2D eigenvalue weighted by atomic mass is 10.1. The summed E-state index contributed by atoms with van der Waals surface area (Å²) in [7, 11) is 0. The van der Waals surface area contributed by atoms with E-state index in [0.29, 0.717) is 22.7 Å². The van der Waals surface area contributed by atoms with Crippen molar-refractivity contribution in [3.63, 3.8) is 0 Å². The quantitative estimate of drug-likeness (QED) is 0.598. The van der Waals surface area contributed by atoms with Crippen LogP contribution in [0.3, 0.4) is 0 Å². The minimum Gasteiger partial charge on any atom is -0.460 e. The second kappa shape index (κ2) is 5.86. The number of carbonyl (C=O) groups is 1. The van der Waals surface area contributed by atoms with E-state index in [-0.39, 0.29) is 5.91 Å². The van der Waals surface area contributed by atoms with Gasteiger partial charge < -0.3 is 9.73 Å². The number of furan rings is 1. The van der Waals surface area contributed by atoms with Crippen molar-refractivity contribution in [2.75, 3.05) is 5.32 Å². The van der Waals surface area contributed by atoms with E-state index in [0.717, 1.165) is 22.5 Å². The molecule has 1 amide bonds. The first-order valence-electron chi connectivity index (χ1n) is 7.76. The van der Waals surface area contributed by atoms with Crippen molar-refractivity contribution in [3.05, 3.63) is 59.6 Å². The van der Waals surface area contributed by atoms with Gasteiger partial charge >= 0.3 is 0 Å². The molecule has 0 saturated carbocycles. The first-order valence-corrected chi connectivity index (χ1v) is 7.76. The lowest BCUT2D eigenvalue weighted by Crippen LogP contribution is -2.13. The summed E-state index contributed by atoms with van der Waals surface area (Å²) in [5.74, 6) is 1.70. The molecule has 0 aliphatic rings. The van der Waals surface area contributed by atoms with Crippen LogP contribution in [0.2, 0.25) is 0 Å². The van der Waals surface area contributed by atoms with Gasteiger partial charge in [-0.1, -0.05) is 0 Å². The van der Waals surface area contributed by atoms with Crippen LogP contribution in [-0.4, -0.2) is 26.1 Å². The summed E-state index contributed by atoms with van der Waals surface area (Å²) in [4.78, 5) is 20.9. The molecule has 4 aromatic rings. The number of nitrogens with one attached hydrogen (secondary N) is 2. The Hall–Kier alpha value is -3.48. The molecule has 7 nitrogen and oxygen atoms in total. The van der Waals surface area contributed by atoms with Crippen LogP contribution in [0.25, 0.3) is 22.5 Å². The largest absolute Gasteiger partial charge is 0.460 e. The van der Waals surface area contributed by atoms with Crippen LogP contribution in [0.1, 0.15) is 21.7 Å². The second-order valence-electron chi connectivity index (χ2n) is 5.70. The fraction of sp³-hybridized carbons (Fsp3) is 0.111. The highest BCUT2D eigenvalue weighted by atomic mass is 16.3. The van der Waals surface area contributed by atoms with Crippen LogP contribution >= 0.6 is 0 Å². The van der Waals surface area contributed by atoms with E-state index in [9.17, 15) is 4.79 Å². The molecule has 25 heavy (non-hydrogen) atoms. The van der Waals surface area contributed by atoms with Gasteiger partial charge in [-0.05, 0) is 44.2 Å². The third-order valence-corrected chi connectivity index (χ3v) is 3.96. The Morgan fingerprint density at radius 1 is 1.08 bits per heavy atom. The van der Waals surface area contributed by atoms with Crippen LogP contribution < -0.4 is 5.32 Å². The molecule has 3 heterocycles. The third-order valence-electron chi connectivity index (χ3n) is 3.96. The zero-order chi connectivity index (χ0) is 17.4. The highest BCUT2D eigenvalue weighted by molar-refractivity contribution is 6.06. The predicted octanol–water partition coefficient (Wildman–Crippen LogP) is 3.48. The van der Waals surface area contributed by atoms with E-state index in [1.165, 1.54) is 0 Å². The average molecular weight is 333 g/mol. The third kappa shape index (κ3) is 2.76. The fourth-order valence-corrected chi connectivity index (χ4v) is 2.61. The molecule has 1 aromatic carbocycles. The number of nitrogens with zero attached hydrogens (tertiary/aromatic N) is 3. The Bertz CT molecular complexity index is 1080. The number of hydrogen-bond acceptors (Lipinski definition) is 5. The standard InChI is InChI=1S/C18H15N5O2/c1-10-3-6-15(25-10)16-11(2)17(23-22-16)21-18(24)12-4-5-13-14(9-12)20-8-7-19-13/h3-9H,1-2H3,(H2,21,22,23,24). The number of aromatic amines is 1. The highest BCUT2D eigenvalue weighted by Crippen LogP contribution is 2.27. The van der Waals surface area contributed by atoms with E-state index < -0.39 is 0 Å². The number of fused-ring (bicyclic) bond motifs is 1. The topological polar surface area (TPSA) is 96.7 Å². The molecule has 0 aliphatic carbocycles. The molecule has 0 fully saturated rings. The van der Waals surface area contributed by atoms with Gasteiger partial charge in [0.15, 0.2) is 11.6 Å². The zero-order valence-corrected chi connectivity index (χ0v) is 13.7. The summed E-state index contributed by atoms with van der Waals surface area (Å²) in [5, 5.41) is 9.91. The molecule has 0 bridgehead atoms. The summed E-state index contributed by atoms with van der Waals surface area (Å²) in [6.07, 6.45) is 3.21. The molecule has 7 heteroatoms.